The van der Waals surface area contributed by atoms with Gasteiger partial charge in [0.25, 0.3) is 0 Å². The van der Waals surface area contributed by atoms with Gasteiger partial charge in [0.2, 0.25) is 0 Å². The van der Waals surface area contributed by atoms with Gasteiger partial charge in [0.05, 0.1) is 0 Å². The van der Waals surface area contributed by atoms with Crippen LogP contribution in [-0.2, 0) is 5.75 Å². The third-order valence-corrected chi connectivity index (χ3v) is 4.90. The van der Waals surface area contributed by atoms with Crippen molar-refractivity contribution in [2.45, 2.75) is 37.5 Å². The maximum absolute atomic E-state index is 5.93. The average Bonchev–Trinajstić information content (AvgIpc) is 2.35. The molecule has 0 heterocycles. The van der Waals surface area contributed by atoms with Crippen molar-refractivity contribution < 1.29 is 0 Å². The van der Waals surface area contributed by atoms with E-state index in [2.05, 4.69) is 66.2 Å². The first kappa shape index (κ1) is 15.6. The number of benzene rings is 2. The Morgan fingerprint density at radius 2 is 1.75 bits per heavy atom. The Kier molecular flexibility index (Phi) is 5.30. The van der Waals surface area contributed by atoms with Crippen LogP contribution in [0, 0.1) is 13.8 Å². The second kappa shape index (κ2) is 6.79. The van der Waals surface area contributed by atoms with E-state index in [-0.39, 0.29) is 6.04 Å². The average molecular weight is 350 g/mol. The molecular formula is C17H20BrNS. The maximum atomic E-state index is 5.93. The topological polar surface area (TPSA) is 26.0 Å². The second-order valence-electron chi connectivity index (χ2n) is 5.26. The van der Waals surface area contributed by atoms with E-state index in [1.54, 1.807) is 0 Å². The van der Waals surface area contributed by atoms with E-state index < -0.39 is 0 Å². The van der Waals surface area contributed by atoms with Gasteiger partial charge in [0, 0.05) is 21.2 Å². The summed E-state index contributed by atoms with van der Waals surface area (Å²) >= 11 is 5.46. The zero-order valence-electron chi connectivity index (χ0n) is 12.1. The fourth-order valence-corrected chi connectivity index (χ4v) is 4.04. The first-order valence-electron chi connectivity index (χ1n) is 6.70. The van der Waals surface area contributed by atoms with Crippen LogP contribution in [0.4, 0.5) is 0 Å². The summed E-state index contributed by atoms with van der Waals surface area (Å²) in [6, 6.07) is 13.2. The molecule has 0 fully saturated rings. The molecule has 2 rings (SSSR count). The lowest BCUT2D eigenvalue weighted by molar-refractivity contribution is 0.811. The highest BCUT2D eigenvalue weighted by atomic mass is 79.9. The van der Waals surface area contributed by atoms with Crippen LogP contribution in [0.1, 0.15) is 35.2 Å². The number of hydrogen-bond acceptors (Lipinski definition) is 2. The molecule has 3 heteroatoms. The molecule has 0 aromatic heterocycles. The summed E-state index contributed by atoms with van der Waals surface area (Å²) < 4.78 is 1.10. The van der Waals surface area contributed by atoms with Gasteiger partial charge in [-0.3, -0.25) is 0 Å². The standard InChI is InChI=1S/C17H20BrNS/c1-11-6-12(2)8-14(7-11)10-20-15-4-5-16(13(3)19)17(18)9-15/h4-9,13H,10,19H2,1-3H3. The zero-order valence-corrected chi connectivity index (χ0v) is 14.5. The Labute approximate surface area is 134 Å². The fraction of sp³-hybridized carbons (Fsp3) is 0.294. The zero-order chi connectivity index (χ0) is 14.7. The maximum Gasteiger partial charge on any atom is 0.0277 e. The molecule has 0 saturated carbocycles. The Balaban J connectivity index is 2.09. The van der Waals surface area contributed by atoms with Crippen molar-refractivity contribution in [3.63, 3.8) is 0 Å². The minimum absolute atomic E-state index is 0.0582. The molecule has 0 aliphatic heterocycles. The van der Waals surface area contributed by atoms with Gasteiger partial charge in [-0.1, -0.05) is 51.3 Å². The lowest BCUT2D eigenvalue weighted by Crippen LogP contribution is -2.05. The molecule has 20 heavy (non-hydrogen) atoms. The first-order chi connectivity index (χ1) is 9.45. The molecule has 0 spiro atoms. The third kappa shape index (κ3) is 4.11. The van der Waals surface area contributed by atoms with Crippen molar-refractivity contribution in [3.05, 3.63) is 63.1 Å². The Morgan fingerprint density at radius 1 is 1.10 bits per heavy atom. The Morgan fingerprint density at radius 3 is 2.30 bits per heavy atom. The lowest BCUT2D eigenvalue weighted by atomic mass is 10.1. The van der Waals surface area contributed by atoms with Gasteiger partial charge in [-0.2, -0.15) is 0 Å². The molecule has 1 unspecified atom stereocenters. The summed E-state index contributed by atoms with van der Waals surface area (Å²) in [5.74, 6) is 0.993. The first-order valence-corrected chi connectivity index (χ1v) is 8.48. The van der Waals surface area contributed by atoms with Crippen LogP contribution in [0.25, 0.3) is 0 Å². The molecule has 2 N–H and O–H groups in total. The predicted octanol–water partition coefficient (Wildman–Crippen LogP) is 5.38. The summed E-state index contributed by atoms with van der Waals surface area (Å²) in [6.45, 7) is 6.30. The quantitative estimate of drug-likeness (QED) is 0.750. The van der Waals surface area contributed by atoms with E-state index in [1.165, 1.54) is 21.6 Å². The van der Waals surface area contributed by atoms with Gasteiger partial charge in [0.15, 0.2) is 0 Å². The molecule has 2 aromatic rings. The Hall–Kier alpha value is -0.770. The minimum atomic E-state index is 0.0582. The number of hydrogen-bond donors (Lipinski definition) is 1. The number of nitrogens with two attached hydrogens (primary N) is 1. The van der Waals surface area contributed by atoms with Crippen molar-refractivity contribution in [2.75, 3.05) is 0 Å². The highest BCUT2D eigenvalue weighted by Gasteiger charge is 2.06. The molecular weight excluding hydrogens is 330 g/mol. The van der Waals surface area contributed by atoms with Crippen molar-refractivity contribution in [3.8, 4) is 0 Å². The van der Waals surface area contributed by atoms with Gasteiger partial charge in [-0.15, -0.1) is 11.8 Å². The monoisotopic (exact) mass is 349 g/mol. The van der Waals surface area contributed by atoms with Crippen molar-refractivity contribution in [2.24, 2.45) is 5.73 Å². The van der Waals surface area contributed by atoms with Gasteiger partial charge in [-0.05, 0) is 44.0 Å². The van der Waals surface area contributed by atoms with Gasteiger partial charge < -0.3 is 5.73 Å². The van der Waals surface area contributed by atoms with E-state index in [9.17, 15) is 0 Å². The SMILES string of the molecule is Cc1cc(C)cc(CSc2ccc(C(C)N)c(Br)c2)c1. The van der Waals surface area contributed by atoms with E-state index in [0.717, 1.165) is 15.8 Å². The molecule has 1 nitrogen and oxygen atoms in total. The van der Waals surface area contributed by atoms with Crippen LogP contribution in [-0.4, -0.2) is 0 Å². The molecule has 0 aliphatic rings. The van der Waals surface area contributed by atoms with Crippen LogP contribution in [0.5, 0.6) is 0 Å². The van der Waals surface area contributed by atoms with Gasteiger partial charge in [-0.25, -0.2) is 0 Å². The number of thioether (sulfide) groups is 1. The summed E-state index contributed by atoms with van der Waals surface area (Å²) in [7, 11) is 0. The molecule has 0 amide bonds. The Bertz CT molecular complexity index is 588. The van der Waals surface area contributed by atoms with E-state index in [0.29, 0.717) is 0 Å². The summed E-state index contributed by atoms with van der Waals surface area (Å²) in [6.07, 6.45) is 0. The molecule has 106 valence electrons. The lowest BCUT2D eigenvalue weighted by Gasteiger charge is -2.10. The van der Waals surface area contributed by atoms with Gasteiger partial charge in [0.1, 0.15) is 0 Å². The van der Waals surface area contributed by atoms with Crippen molar-refractivity contribution in [1.29, 1.82) is 0 Å². The fourth-order valence-electron chi connectivity index (χ4n) is 2.29. The number of halogens is 1. The van der Waals surface area contributed by atoms with Crippen LogP contribution in [0.2, 0.25) is 0 Å². The van der Waals surface area contributed by atoms with Crippen LogP contribution in [0.3, 0.4) is 0 Å². The molecule has 0 saturated heterocycles. The molecule has 1 atom stereocenters. The highest BCUT2D eigenvalue weighted by Crippen LogP contribution is 2.30. The molecule has 0 radical (unpaired) electrons. The largest absolute Gasteiger partial charge is 0.324 e. The van der Waals surface area contributed by atoms with Crippen LogP contribution < -0.4 is 5.73 Å². The van der Waals surface area contributed by atoms with Crippen LogP contribution in [0.15, 0.2) is 45.8 Å². The highest BCUT2D eigenvalue weighted by molar-refractivity contribution is 9.10. The second-order valence-corrected chi connectivity index (χ2v) is 7.16. The van der Waals surface area contributed by atoms with Crippen LogP contribution >= 0.6 is 27.7 Å². The van der Waals surface area contributed by atoms with E-state index >= 15 is 0 Å². The van der Waals surface area contributed by atoms with Crippen molar-refractivity contribution in [1.82, 2.24) is 0 Å². The normalized spacial score (nSPS) is 12.4. The smallest absolute Gasteiger partial charge is 0.0277 e. The number of rotatable bonds is 4. The summed E-state index contributed by atoms with van der Waals surface area (Å²) in [5, 5.41) is 0. The summed E-state index contributed by atoms with van der Waals surface area (Å²) in [5.41, 5.74) is 11.1. The van der Waals surface area contributed by atoms with E-state index in [1.807, 2.05) is 18.7 Å². The molecule has 0 bridgehead atoms. The van der Waals surface area contributed by atoms with E-state index in [4.69, 9.17) is 5.73 Å². The summed E-state index contributed by atoms with van der Waals surface area (Å²) in [4.78, 5) is 1.26. The molecule has 0 aliphatic carbocycles. The number of aryl methyl sites for hydroxylation is 2. The minimum Gasteiger partial charge on any atom is -0.324 e. The molecule has 2 aromatic carbocycles. The predicted molar refractivity (Wildman–Crippen MR) is 92.2 cm³/mol. The van der Waals surface area contributed by atoms with Crippen molar-refractivity contribution >= 4 is 27.7 Å². The van der Waals surface area contributed by atoms with Gasteiger partial charge >= 0.3 is 0 Å². The third-order valence-electron chi connectivity index (χ3n) is 3.15.